The average molecular weight is 487 g/mol. The number of hydrogen-bond acceptors (Lipinski definition) is 6. The van der Waals surface area contributed by atoms with Gasteiger partial charge in [-0.2, -0.15) is 0 Å². The topological polar surface area (TPSA) is 118 Å². The Kier molecular flexibility index (Phi) is 8.87. The lowest BCUT2D eigenvalue weighted by atomic mass is 10.1. The van der Waals surface area contributed by atoms with Crippen LogP contribution in [0.15, 0.2) is 41.3 Å². The third kappa shape index (κ3) is 7.24. The van der Waals surface area contributed by atoms with Crippen molar-refractivity contribution in [2.45, 2.75) is 18.2 Å². The first-order valence-corrected chi connectivity index (χ1v) is 11.3. The van der Waals surface area contributed by atoms with Crippen LogP contribution in [-0.4, -0.2) is 40.2 Å². The summed E-state index contributed by atoms with van der Waals surface area (Å²) in [6.45, 7) is 1.75. The SMILES string of the molecule is COc1ccc(OC)c(CCNC(=S)NNS(=O)(=O)c2ccc(NC(C)=O)c(Cl)c2)c1. The van der Waals surface area contributed by atoms with Crippen molar-refractivity contribution in [3.05, 3.63) is 47.0 Å². The molecule has 2 aromatic rings. The quantitative estimate of drug-likeness (QED) is 0.315. The van der Waals surface area contributed by atoms with Gasteiger partial charge in [-0.1, -0.05) is 11.6 Å². The summed E-state index contributed by atoms with van der Waals surface area (Å²) in [5.41, 5.74) is 3.66. The molecule has 0 bridgehead atoms. The van der Waals surface area contributed by atoms with E-state index in [4.69, 9.17) is 33.3 Å². The number of ether oxygens (including phenoxy) is 2. The highest BCUT2D eigenvalue weighted by Crippen LogP contribution is 2.25. The zero-order chi connectivity index (χ0) is 23.0. The van der Waals surface area contributed by atoms with Gasteiger partial charge in [0.1, 0.15) is 11.5 Å². The number of hydrazine groups is 1. The van der Waals surface area contributed by atoms with Gasteiger partial charge in [-0.15, -0.1) is 4.83 Å². The van der Waals surface area contributed by atoms with Crippen molar-refractivity contribution in [2.24, 2.45) is 0 Å². The second kappa shape index (κ2) is 11.1. The highest BCUT2D eigenvalue weighted by Gasteiger charge is 2.16. The van der Waals surface area contributed by atoms with Gasteiger partial charge < -0.3 is 20.1 Å². The highest BCUT2D eigenvalue weighted by molar-refractivity contribution is 7.89. The first-order valence-electron chi connectivity index (χ1n) is 9.00. The second-order valence-corrected chi connectivity index (χ2v) is 8.73. The van der Waals surface area contributed by atoms with Crippen LogP contribution >= 0.6 is 23.8 Å². The first-order chi connectivity index (χ1) is 14.7. The van der Waals surface area contributed by atoms with E-state index < -0.39 is 10.0 Å². The Morgan fingerprint density at radius 1 is 1.13 bits per heavy atom. The van der Waals surface area contributed by atoms with Gasteiger partial charge in [0.2, 0.25) is 5.91 Å². The number of benzene rings is 2. The largest absolute Gasteiger partial charge is 0.497 e. The Bertz CT molecular complexity index is 1060. The fourth-order valence-corrected chi connectivity index (χ4v) is 3.94. The fourth-order valence-electron chi connectivity index (χ4n) is 2.56. The van der Waals surface area contributed by atoms with Gasteiger partial charge in [0, 0.05) is 13.5 Å². The Hall–Kier alpha value is -2.60. The smallest absolute Gasteiger partial charge is 0.257 e. The number of carbonyl (C=O) groups excluding carboxylic acids is 1. The number of nitrogens with one attached hydrogen (secondary N) is 4. The lowest BCUT2D eigenvalue weighted by Crippen LogP contribution is -2.47. The van der Waals surface area contributed by atoms with Crippen LogP contribution in [0.3, 0.4) is 0 Å². The lowest BCUT2D eigenvalue weighted by molar-refractivity contribution is -0.114. The first kappa shape index (κ1) is 24.7. The molecule has 2 rings (SSSR count). The highest BCUT2D eigenvalue weighted by atomic mass is 35.5. The van der Waals surface area contributed by atoms with E-state index in [0.717, 1.165) is 5.56 Å². The molecule has 0 fully saturated rings. The Labute approximate surface area is 191 Å². The van der Waals surface area contributed by atoms with Crippen LogP contribution in [0.5, 0.6) is 11.5 Å². The van der Waals surface area contributed by atoms with E-state index in [1.807, 2.05) is 6.07 Å². The minimum atomic E-state index is -3.94. The number of sulfonamides is 1. The fraction of sp³-hybridized carbons (Fsp3) is 0.263. The number of halogens is 1. The average Bonchev–Trinajstić information content (AvgIpc) is 2.73. The maximum Gasteiger partial charge on any atom is 0.257 e. The molecular weight excluding hydrogens is 464 g/mol. The van der Waals surface area contributed by atoms with Crippen molar-refractivity contribution in [1.82, 2.24) is 15.6 Å². The van der Waals surface area contributed by atoms with Crippen LogP contribution in [0.25, 0.3) is 0 Å². The lowest BCUT2D eigenvalue weighted by Gasteiger charge is -2.14. The molecule has 4 N–H and O–H groups in total. The van der Waals surface area contributed by atoms with Gasteiger partial charge in [0.25, 0.3) is 10.0 Å². The van der Waals surface area contributed by atoms with E-state index in [2.05, 4.69) is 20.9 Å². The van der Waals surface area contributed by atoms with Crippen LogP contribution in [0.2, 0.25) is 5.02 Å². The molecule has 31 heavy (non-hydrogen) atoms. The number of amides is 1. The van der Waals surface area contributed by atoms with E-state index in [1.54, 1.807) is 26.4 Å². The third-order valence-electron chi connectivity index (χ3n) is 4.03. The molecule has 0 unspecified atom stereocenters. The molecule has 0 aliphatic carbocycles. The molecule has 0 aromatic heterocycles. The van der Waals surface area contributed by atoms with Crippen LogP contribution in [0, 0.1) is 0 Å². The number of thiocarbonyl (C=S) groups is 1. The van der Waals surface area contributed by atoms with Crippen LogP contribution in [-0.2, 0) is 21.2 Å². The number of hydrogen-bond donors (Lipinski definition) is 4. The Morgan fingerprint density at radius 3 is 2.48 bits per heavy atom. The van der Waals surface area contributed by atoms with Crippen LogP contribution in [0.4, 0.5) is 5.69 Å². The predicted octanol–water partition coefficient (Wildman–Crippen LogP) is 2.22. The summed E-state index contributed by atoms with van der Waals surface area (Å²) in [5, 5.41) is 5.59. The van der Waals surface area contributed by atoms with Gasteiger partial charge in [0.05, 0.1) is 29.8 Å². The summed E-state index contributed by atoms with van der Waals surface area (Å²) in [6, 6.07) is 9.40. The van der Waals surface area contributed by atoms with Gasteiger partial charge in [-0.25, -0.2) is 8.42 Å². The van der Waals surface area contributed by atoms with Crippen molar-refractivity contribution in [1.29, 1.82) is 0 Å². The molecule has 0 saturated carbocycles. The van der Waals surface area contributed by atoms with Crippen molar-refractivity contribution in [3.63, 3.8) is 0 Å². The monoisotopic (exact) mass is 486 g/mol. The molecule has 0 saturated heterocycles. The van der Waals surface area contributed by atoms with E-state index in [0.29, 0.717) is 30.2 Å². The van der Waals surface area contributed by atoms with Gasteiger partial charge in [0.15, 0.2) is 5.11 Å². The van der Waals surface area contributed by atoms with Crippen molar-refractivity contribution < 1.29 is 22.7 Å². The molecule has 1 amide bonds. The molecule has 12 heteroatoms. The minimum absolute atomic E-state index is 0.0889. The summed E-state index contributed by atoms with van der Waals surface area (Å²) in [4.78, 5) is 13.2. The summed E-state index contributed by atoms with van der Waals surface area (Å²) in [7, 11) is -0.785. The molecular formula is C19H23ClN4O5S2. The normalized spacial score (nSPS) is 10.8. The van der Waals surface area contributed by atoms with Gasteiger partial charge >= 0.3 is 0 Å². The third-order valence-corrected chi connectivity index (χ3v) is 5.83. The zero-order valence-corrected chi connectivity index (χ0v) is 19.5. The number of methoxy groups -OCH3 is 2. The molecule has 0 atom stereocenters. The molecule has 0 spiro atoms. The number of carbonyl (C=O) groups is 1. The molecule has 9 nitrogen and oxygen atoms in total. The molecule has 168 valence electrons. The minimum Gasteiger partial charge on any atom is -0.497 e. The van der Waals surface area contributed by atoms with Gasteiger partial charge in [-0.05, 0) is 60.6 Å². The van der Waals surface area contributed by atoms with Gasteiger partial charge in [-0.3, -0.25) is 10.2 Å². The van der Waals surface area contributed by atoms with E-state index in [9.17, 15) is 13.2 Å². The Balaban J connectivity index is 1.91. The molecule has 0 aliphatic rings. The van der Waals surface area contributed by atoms with Crippen LogP contribution in [0.1, 0.15) is 12.5 Å². The standard InChI is InChI=1S/C19H23ClN4O5S2/c1-12(25)22-17-6-5-15(11-16(17)20)31(26,27)24-23-19(30)21-9-8-13-10-14(28-2)4-7-18(13)29-3/h4-7,10-11,24H,8-9H2,1-3H3,(H,22,25)(H2,21,23,30). The maximum absolute atomic E-state index is 12.4. The van der Waals surface area contributed by atoms with Crippen LogP contribution < -0.4 is 30.4 Å². The number of anilines is 1. The predicted molar refractivity (Wildman–Crippen MR) is 123 cm³/mol. The van der Waals surface area contributed by atoms with Crippen molar-refractivity contribution >= 4 is 50.5 Å². The summed E-state index contributed by atoms with van der Waals surface area (Å²) >= 11 is 11.1. The van der Waals surface area contributed by atoms with E-state index >= 15 is 0 Å². The molecule has 0 aliphatic heterocycles. The van der Waals surface area contributed by atoms with Crippen molar-refractivity contribution in [2.75, 3.05) is 26.1 Å². The zero-order valence-electron chi connectivity index (χ0n) is 17.1. The summed E-state index contributed by atoms with van der Waals surface area (Å²) in [6.07, 6.45) is 0.565. The Morgan fingerprint density at radius 2 is 1.87 bits per heavy atom. The molecule has 2 aromatic carbocycles. The van der Waals surface area contributed by atoms with E-state index in [1.165, 1.54) is 25.1 Å². The molecule has 0 radical (unpaired) electrons. The van der Waals surface area contributed by atoms with Crippen molar-refractivity contribution in [3.8, 4) is 11.5 Å². The maximum atomic E-state index is 12.4. The summed E-state index contributed by atoms with van der Waals surface area (Å²) < 4.78 is 35.4. The van der Waals surface area contributed by atoms with E-state index in [-0.39, 0.29) is 20.9 Å². The second-order valence-electron chi connectivity index (χ2n) is 6.24. The number of rotatable bonds is 9. The summed E-state index contributed by atoms with van der Waals surface area (Å²) in [5.74, 6) is 1.09. The molecule has 0 heterocycles.